The van der Waals surface area contributed by atoms with Crippen LogP contribution in [0.15, 0.2) is 59.6 Å². The summed E-state index contributed by atoms with van der Waals surface area (Å²) >= 11 is 0. The first kappa shape index (κ1) is 26.6. The summed E-state index contributed by atoms with van der Waals surface area (Å²) in [7, 11) is -3.20. The fourth-order valence-corrected chi connectivity index (χ4v) is 5.33. The second-order valence-electron chi connectivity index (χ2n) is 7.71. The molecule has 0 aliphatic rings. The molecule has 0 spiro atoms. The fourth-order valence-electron chi connectivity index (χ4n) is 3.61. The predicted octanol–water partition coefficient (Wildman–Crippen LogP) is 4.07. The van der Waals surface area contributed by atoms with E-state index in [1.165, 1.54) is 18.2 Å². The Morgan fingerprint density at radius 3 is 2.49 bits per heavy atom. The van der Waals surface area contributed by atoms with E-state index in [2.05, 4.69) is 21.8 Å². The summed E-state index contributed by atoms with van der Waals surface area (Å²) in [4.78, 5) is 4.89. The Morgan fingerprint density at radius 2 is 1.80 bits per heavy atom. The smallest absolute Gasteiger partial charge is 0.240 e. The predicted molar refractivity (Wildman–Crippen MR) is 145 cm³/mol. The van der Waals surface area contributed by atoms with Crippen molar-refractivity contribution in [3.63, 3.8) is 0 Å². The average Bonchev–Trinajstić information content (AvgIpc) is 3.26. The van der Waals surface area contributed by atoms with Gasteiger partial charge in [0.15, 0.2) is 5.65 Å². The third-order valence-electron chi connectivity index (χ3n) is 5.23. The van der Waals surface area contributed by atoms with Crippen LogP contribution in [-0.2, 0) is 10.0 Å². The van der Waals surface area contributed by atoms with Gasteiger partial charge in [-0.3, -0.25) is 0 Å². The molecule has 35 heavy (non-hydrogen) atoms. The normalized spacial score (nSPS) is 11.6. The van der Waals surface area contributed by atoms with Crippen molar-refractivity contribution in [3.05, 3.63) is 65.9 Å². The molecule has 2 heterocycles. The average molecular weight is 514 g/mol. The Hall–Kier alpha value is -3.00. The van der Waals surface area contributed by atoms with Crippen molar-refractivity contribution in [2.75, 3.05) is 25.1 Å². The molecule has 186 valence electrons. The van der Waals surface area contributed by atoms with Gasteiger partial charge in [0.1, 0.15) is 11.6 Å². The van der Waals surface area contributed by atoms with E-state index in [1.807, 2.05) is 57.3 Å². The summed E-state index contributed by atoms with van der Waals surface area (Å²) in [6.07, 6.45) is 1.82. The number of sulfonamides is 1. The largest absolute Gasteiger partial charge is 0.508 e. The van der Waals surface area contributed by atoms with Gasteiger partial charge in [0.25, 0.3) is 0 Å². The summed E-state index contributed by atoms with van der Waals surface area (Å²) in [6, 6.07) is 14.3. The molecular weight excluding hydrogens is 481 g/mol. The minimum absolute atomic E-state index is 0.0359. The van der Waals surface area contributed by atoms with E-state index in [1.54, 1.807) is 11.4 Å². The quantitative estimate of drug-likeness (QED) is 0.242. The van der Waals surface area contributed by atoms with Gasteiger partial charge in [-0.25, -0.2) is 18.1 Å². The molecule has 0 saturated heterocycles. The second kappa shape index (κ2) is 11.6. The molecule has 0 saturated carbocycles. The Bertz CT molecular complexity index is 1400. The van der Waals surface area contributed by atoms with Gasteiger partial charge in [0, 0.05) is 30.0 Å². The van der Waals surface area contributed by atoms with E-state index in [9.17, 15) is 13.5 Å². The fraction of sp³-hybridized carbons (Fsp3) is 0.280. The van der Waals surface area contributed by atoms with E-state index in [0.29, 0.717) is 20.7 Å². The molecule has 0 amide bonds. The first-order valence-electron chi connectivity index (χ1n) is 11.5. The molecule has 3 N–H and O–H groups in total. The maximum atomic E-state index is 12.6. The summed E-state index contributed by atoms with van der Waals surface area (Å²) in [5.74, 6) is 0.651. The number of aromatic hydroxyl groups is 1. The lowest BCUT2D eigenvalue weighted by Gasteiger charge is -2.13. The molecule has 4 aromatic rings. The van der Waals surface area contributed by atoms with E-state index in [4.69, 9.17) is 4.98 Å². The van der Waals surface area contributed by atoms with Gasteiger partial charge in [-0.2, -0.15) is 9.61 Å². The van der Waals surface area contributed by atoms with Crippen LogP contribution in [0.4, 0.5) is 5.82 Å². The number of rotatable bonds is 8. The van der Waals surface area contributed by atoms with Gasteiger partial charge in [-0.1, -0.05) is 46.7 Å². The molecule has 8 nitrogen and oxygen atoms in total. The maximum Gasteiger partial charge on any atom is 0.240 e. The van der Waals surface area contributed by atoms with Crippen molar-refractivity contribution in [3.8, 4) is 17.0 Å². The Balaban J connectivity index is 0.00000167. The van der Waals surface area contributed by atoms with Gasteiger partial charge in [0.05, 0.1) is 16.8 Å². The number of aromatic nitrogens is 3. The molecular formula is C25H32N5O3PS. The highest BCUT2D eigenvalue weighted by Gasteiger charge is 2.16. The molecule has 2 aromatic carbocycles. The van der Waals surface area contributed by atoms with E-state index < -0.39 is 10.0 Å². The molecule has 1 atom stereocenters. The minimum atomic E-state index is -3.74. The van der Waals surface area contributed by atoms with Crippen LogP contribution in [0.3, 0.4) is 0 Å². The number of phenols is 1. The number of anilines is 1. The molecule has 2 aromatic heterocycles. The molecule has 1 unspecified atom stereocenters. The van der Waals surface area contributed by atoms with Crippen LogP contribution in [0.5, 0.6) is 5.75 Å². The first-order chi connectivity index (χ1) is 16.8. The van der Waals surface area contributed by atoms with Crippen LogP contribution < -0.4 is 15.3 Å². The highest BCUT2D eigenvalue weighted by molar-refractivity contribution is 7.89. The zero-order valence-electron chi connectivity index (χ0n) is 20.6. The number of phenolic OH excluding ortho intramolecular Hbond substituents is 1. The van der Waals surface area contributed by atoms with Crippen LogP contribution in [0.2, 0.25) is 0 Å². The summed E-state index contributed by atoms with van der Waals surface area (Å²) in [6.45, 7) is 10.4. The van der Waals surface area contributed by atoms with E-state index >= 15 is 0 Å². The van der Waals surface area contributed by atoms with Crippen molar-refractivity contribution in [2.24, 2.45) is 0 Å². The Labute approximate surface area is 208 Å². The number of nitrogens with zero attached hydrogens (tertiary/aromatic N) is 3. The molecule has 0 aliphatic heterocycles. The van der Waals surface area contributed by atoms with Crippen LogP contribution in [0.25, 0.3) is 16.9 Å². The Morgan fingerprint density at radius 1 is 1.06 bits per heavy atom. The Kier molecular flexibility index (Phi) is 8.83. The number of hydrogen-bond acceptors (Lipinski definition) is 6. The third-order valence-corrected chi connectivity index (χ3v) is 7.56. The van der Waals surface area contributed by atoms with E-state index in [-0.39, 0.29) is 17.2 Å². The molecule has 0 radical (unpaired) electrons. The summed E-state index contributed by atoms with van der Waals surface area (Å²) in [5.41, 5.74) is 4.44. The van der Waals surface area contributed by atoms with Gasteiger partial charge in [-0.15, -0.1) is 0 Å². The zero-order valence-corrected chi connectivity index (χ0v) is 22.4. The summed E-state index contributed by atoms with van der Waals surface area (Å²) in [5, 5.41) is 18.5. The molecule has 0 fully saturated rings. The first-order valence-corrected chi connectivity index (χ1v) is 14.4. The van der Waals surface area contributed by atoms with Gasteiger partial charge >= 0.3 is 0 Å². The van der Waals surface area contributed by atoms with Crippen molar-refractivity contribution in [1.29, 1.82) is 0 Å². The topological polar surface area (TPSA) is 109 Å². The number of benzene rings is 2. The summed E-state index contributed by atoms with van der Waals surface area (Å²) < 4.78 is 29.5. The van der Waals surface area contributed by atoms with Gasteiger partial charge in [0.2, 0.25) is 10.0 Å². The number of aryl methyl sites for hydroxylation is 2. The molecule has 0 bridgehead atoms. The number of hydrogen-bond donors (Lipinski definition) is 3. The van der Waals surface area contributed by atoms with E-state index in [0.717, 1.165) is 33.6 Å². The van der Waals surface area contributed by atoms with Gasteiger partial charge < -0.3 is 10.4 Å². The number of fused-ring (bicyclic) bond motifs is 1. The van der Waals surface area contributed by atoms with Crippen molar-refractivity contribution < 1.29 is 13.5 Å². The highest BCUT2D eigenvalue weighted by Crippen LogP contribution is 2.25. The molecule has 10 heteroatoms. The maximum absolute atomic E-state index is 12.6. The third kappa shape index (κ3) is 6.17. The van der Waals surface area contributed by atoms with Gasteiger partial charge in [-0.05, 0) is 49.8 Å². The minimum Gasteiger partial charge on any atom is -0.508 e. The van der Waals surface area contributed by atoms with Crippen molar-refractivity contribution in [2.45, 2.75) is 32.6 Å². The molecule has 4 rings (SSSR count). The van der Waals surface area contributed by atoms with Crippen molar-refractivity contribution in [1.82, 2.24) is 19.3 Å². The lowest BCUT2D eigenvalue weighted by atomic mass is 10.1. The number of nitrogens with one attached hydrogen (secondary N) is 2. The lowest BCUT2D eigenvalue weighted by molar-refractivity contribution is 0.472. The monoisotopic (exact) mass is 513 g/mol. The molecule has 0 aliphatic carbocycles. The standard InChI is InChI=1S/C23H26N5O3PS.C2H6/c1-15-10-17(29)12-18(11-15)33(30,31)26-9-8-24-22-13-20(19-7-5-4-6-16(19)2)27-23-21(32-3)14-25-28(22)23;1-2/h4-7,10-14,24,26,29,32H,8-9H2,1-3H3;1-2H3. The van der Waals surface area contributed by atoms with Crippen LogP contribution in [0, 0.1) is 13.8 Å². The van der Waals surface area contributed by atoms with Crippen LogP contribution in [0.1, 0.15) is 25.0 Å². The lowest BCUT2D eigenvalue weighted by Crippen LogP contribution is -2.29. The van der Waals surface area contributed by atoms with Crippen LogP contribution >= 0.6 is 8.58 Å². The highest BCUT2D eigenvalue weighted by atomic mass is 32.2. The SMILES string of the molecule is CC.CPc1cnn2c(NCCNS(=O)(=O)c3cc(C)cc(O)c3)cc(-c3ccccc3C)nc12. The zero-order chi connectivity index (χ0) is 25.6. The van der Waals surface area contributed by atoms with Crippen molar-refractivity contribution >= 4 is 35.4 Å². The second-order valence-corrected chi connectivity index (χ2v) is 10.5. The van der Waals surface area contributed by atoms with Crippen LogP contribution in [-0.4, -0.2) is 47.9 Å².